The molecule has 1 saturated carbocycles. The number of alkyl halides is 3. The maximum atomic E-state index is 12.1. The van der Waals surface area contributed by atoms with Crippen LogP contribution in [0, 0.1) is 0 Å². The van der Waals surface area contributed by atoms with Crippen LogP contribution in [0.25, 0.3) is 11.3 Å². The van der Waals surface area contributed by atoms with Crippen LogP contribution < -0.4 is 10.1 Å². The van der Waals surface area contributed by atoms with Crippen molar-refractivity contribution in [1.29, 1.82) is 0 Å². The molecule has 1 heterocycles. The van der Waals surface area contributed by atoms with Gasteiger partial charge < -0.3 is 10.1 Å². The highest BCUT2D eigenvalue weighted by molar-refractivity contribution is 5.95. The van der Waals surface area contributed by atoms with Crippen LogP contribution in [0.3, 0.4) is 0 Å². The van der Waals surface area contributed by atoms with E-state index >= 15 is 0 Å². The minimum atomic E-state index is -4.74. The summed E-state index contributed by atoms with van der Waals surface area (Å²) in [4.78, 5) is 15.8. The minimum Gasteiger partial charge on any atom is -0.404 e. The second-order valence-electron chi connectivity index (χ2n) is 5.25. The molecule has 7 heteroatoms. The van der Waals surface area contributed by atoms with Crippen LogP contribution in [-0.2, 0) is 0 Å². The number of nitrogens with zero attached hydrogens (tertiary/aromatic N) is 1. The maximum absolute atomic E-state index is 12.1. The molecule has 0 radical (unpaired) electrons. The number of amides is 1. The fourth-order valence-electron chi connectivity index (χ4n) is 2.03. The number of halogens is 3. The Balaban J connectivity index is 1.70. The SMILES string of the molecule is O=C(NC1CC1)c1ccc(-c2ccc(OC(F)(F)F)cn2)cc1. The predicted molar refractivity (Wildman–Crippen MR) is 76.8 cm³/mol. The average molecular weight is 322 g/mol. The molecule has 2 aromatic rings. The first-order chi connectivity index (χ1) is 10.9. The van der Waals surface area contributed by atoms with Gasteiger partial charge in [0.1, 0.15) is 5.75 Å². The largest absolute Gasteiger partial charge is 0.573 e. The zero-order valence-corrected chi connectivity index (χ0v) is 11.9. The first kappa shape index (κ1) is 15.3. The number of carbonyl (C=O) groups is 1. The van der Waals surface area contributed by atoms with Crippen molar-refractivity contribution in [3.8, 4) is 17.0 Å². The van der Waals surface area contributed by atoms with E-state index in [9.17, 15) is 18.0 Å². The Bertz CT molecular complexity index is 693. The Kier molecular flexibility index (Phi) is 3.94. The van der Waals surface area contributed by atoms with Gasteiger partial charge in [-0.2, -0.15) is 0 Å². The van der Waals surface area contributed by atoms with Gasteiger partial charge >= 0.3 is 6.36 Å². The van der Waals surface area contributed by atoms with Crippen LogP contribution in [0.15, 0.2) is 42.6 Å². The second kappa shape index (κ2) is 5.91. The van der Waals surface area contributed by atoms with Gasteiger partial charge in [0.15, 0.2) is 0 Å². The van der Waals surface area contributed by atoms with Crippen molar-refractivity contribution in [1.82, 2.24) is 10.3 Å². The van der Waals surface area contributed by atoms with Crippen LogP contribution in [0.5, 0.6) is 5.75 Å². The van der Waals surface area contributed by atoms with E-state index in [0.29, 0.717) is 16.8 Å². The first-order valence-electron chi connectivity index (χ1n) is 7.04. The zero-order chi connectivity index (χ0) is 16.4. The molecule has 0 atom stereocenters. The quantitative estimate of drug-likeness (QED) is 0.937. The number of pyridine rings is 1. The maximum Gasteiger partial charge on any atom is 0.573 e. The molecule has 0 spiro atoms. The van der Waals surface area contributed by atoms with E-state index in [4.69, 9.17) is 0 Å². The van der Waals surface area contributed by atoms with Crippen LogP contribution in [0.2, 0.25) is 0 Å². The summed E-state index contributed by atoms with van der Waals surface area (Å²) in [6.07, 6.45) is -1.70. The average Bonchev–Trinajstić information content (AvgIpc) is 3.30. The van der Waals surface area contributed by atoms with E-state index in [2.05, 4.69) is 15.0 Å². The molecule has 1 aliphatic rings. The molecule has 1 aromatic carbocycles. The van der Waals surface area contributed by atoms with Gasteiger partial charge in [-0.15, -0.1) is 13.2 Å². The molecule has 0 unspecified atom stereocenters. The van der Waals surface area contributed by atoms with E-state index in [1.54, 1.807) is 24.3 Å². The van der Waals surface area contributed by atoms with E-state index in [-0.39, 0.29) is 17.7 Å². The van der Waals surface area contributed by atoms with Crippen LogP contribution in [0.1, 0.15) is 23.2 Å². The van der Waals surface area contributed by atoms with E-state index in [0.717, 1.165) is 19.0 Å². The molecule has 4 nitrogen and oxygen atoms in total. The number of hydrogen-bond donors (Lipinski definition) is 1. The third-order valence-electron chi connectivity index (χ3n) is 3.33. The number of rotatable bonds is 4. The lowest BCUT2D eigenvalue weighted by atomic mass is 10.1. The molecule has 0 aliphatic heterocycles. The lowest BCUT2D eigenvalue weighted by Crippen LogP contribution is -2.25. The molecule has 23 heavy (non-hydrogen) atoms. The predicted octanol–water partition coefficient (Wildman–Crippen LogP) is 3.54. The van der Waals surface area contributed by atoms with Crippen molar-refractivity contribution in [3.63, 3.8) is 0 Å². The molecule has 1 aromatic heterocycles. The van der Waals surface area contributed by atoms with Gasteiger partial charge in [0, 0.05) is 17.2 Å². The number of carbonyl (C=O) groups excluding carboxylic acids is 1. The lowest BCUT2D eigenvalue weighted by Gasteiger charge is -2.09. The molecule has 120 valence electrons. The van der Waals surface area contributed by atoms with Gasteiger partial charge in [-0.3, -0.25) is 9.78 Å². The number of aromatic nitrogens is 1. The molecule has 1 fully saturated rings. The number of benzene rings is 1. The van der Waals surface area contributed by atoms with Gasteiger partial charge in [0.2, 0.25) is 0 Å². The van der Waals surface area contributed by atoms with Gasteiger partial charge in [-0.05, 0) is 37.1 Å². The number of ether oxygens (including phenoxy) is 1. The Morgan fingerprint density at radius 3 is 2.35 bits per heavy atom. The number of nitrogens with one attached hydrogen (secondary N) is 1. The van der Waals surface area contributed by atoms with Crippen molar-refractivity contribution in [2.24, 2.45) is 0 Å². The summed E-state index contributed by atoms with van der Waals surface area (Å²) in [5.41, 5.74) is 1.73. The topological polar surface area (TPSA) is 51.2 Å². The van der Waals surface area contributed by atoms with Crippen LogP contribution in [0.4, 0.5) is 13.2 Å². The fourth-order valence-corrected chi connectivity index (χ4v) is 2.03. The van der Waals surface area contributed by atoms with E-state index in [1.807, 2.05) is 0 Å². The van der Waals surface area contributed by atoms with Crippen LogP contribution in [-0.4, -0.2) is 23.3 Å². The highest BCUT2D eigenvalue weighted by Gasteiger charge is 2.31. The molecule has 0 bridgehead atoms. The summed E-state index contributed by atoms with van der Waals surface area (Å²) >= 11 is 0. The van der Waals surface area contributed by atoms with E-state index in [1.165, 1.54) is 12.1 Å². The standard InChI is InChI=1S/C16H13F3N2O2/c17-16(18,19)23-13-7-8-14(20-9-13)10-1-3-11(4-2-10)15(22)21-12-5-6-12/h1-4,7-9,12H,5-6H2,(H,21,22). The second-order valence-corrected chi connectivity index (χ2v) is 5.25. The summed E-state index contributed by atoms with van der Waals surface area (Å²) in [6.45, 7) is 0. The third kappa shape index (κ3) is 4.21. The number of hydrogen-bond acceptors (Lipinski definition) is 3. The van der Waals surface area contributed by atoms with Gasteiger partial charge in [-0.1, -0.05) is 12.1 Å². The van der Waals surface area contributed by atoms with Gasteiger partial charge in [-0.25, -0.2) is 0 Å². The molecule has 3 rings (SSSR count). The summed E-state index contributed by atoms with van der Waals surface area (Å²) in [5, 5.41) is 2.88. The van der Waals surface area contributed by atoms with Gasteiger partial charge in [0.05, 0.1) is 11.9 Å². The summed E-state index contributed by atoms with van der Waals surface area (Å²) in [7, 11) is 0. The van der Waals surface area contributed by atoms with Crippen LogP contribution >= 0.6 is 0 Å². The fraction of sp³-hybridized carbons (Fsp3) is 0.250. The summed E-state index contributed by atoms with van der Waals surface area (Å²) < 4.78 is 40.0. The molecule has 1 N–H and O–H groups in total. The zero-order valence-electron chi connectivity index (χ0n) is 11.9. The molecular formula is C16H13F3N2O2. The Labute approximate surface area is 130 Å². The summed E-state index contributed by atoms with van der Waals surface area (Å²) in [5.74, 6) is -0.498. The van der Waals surface area contributed by atoms with Crippen molar-refractivity contribution in [3.05, 3.63) is 48.2 Å². The lowest BCUT2D eigenvalue weighted by molar-refractivity contribution is -0.274. The van der Waals surface area contributed by atoms with Gasteiger partial charge in [0.25, 0.3) is 5.91 Å². The highest BCUT2D eigenvalue weighted by atomic mass is 19.4. The highest BCUT2D eigenvalue weighted by Crippen LogP contribution is 2.25. The summed E-state index contributed by atoms with van der Waals surface area (Å²) in [6, 6.07) is 9.64. The monoisotopic (exact) mass is 322 g/mol. The smallest absolute Gasteiger partial charge is 0.404 e. The van der Waals surface area contributed by atoms with Crippen molar-refractivity contribution in [2.45, 2.75) is 25.2 Å². The molecule has 1 amide bonds. The molecule has 1 aliphatic carbocycles. The normalized spacial score (nSPS) is 14.4. The van der Waals surface area contributed by atoms with Crippen molar-refractivity contribution >= 4 is 5.91 Å². The third-order valence-corrected chi connectivity index (χ3v) is 3.33. The minimum absolute atomic E-state index is 0.124. The van der Waals surface area contributed by atoms with Crippen molar-refractivity contribution < 1.29 is 22.7 Å². The Hall–Kier alpha value is -2.57. The van der Waals surface area contributed by atoms with Crippen molar-refractivity contribution in [2.75, 3.05) is 0 Å². The Morgan fingerprint density at radius 1 is 1.13 bits per heavy atom. The molecule has 0 saturated heterocycles. The molecular weight excluding hydrogens is 309 g/mol. The van der Waals surface area contributed by atoms with E-state index < -0.39 is 6.36 Å². The first-order valence-corrected chi connectivity index (χ1v) is 7.04. The Morgan fingerprint density at radius 2 is 1.83 bits per heavy atom.